The van der Waals surface area contributed by atoms with Gasteiger partial charge in [-0.2, -0.15) is 0 Å². The molecule has 2 amide bonds. The van der Waals surface area contributed by atoms with E-state index in [-0.39, 0.29) is 29.8 Å². The van der Waals surface area contributed by atoms with Crippen LogP contribution in [-0.2, 0) is 9.59 Å². The first kappa shape index (κ1) is 21.3. The van der Waals surface area contributed by atoms with Crippen LogP contribution in [0.2, 0.25) is 0 Å². The van der Waals surface area contributed by atoms with Gasteiger partial charge < -0.3 is 15.0 Å². The molecule has 8 heteroatoms. The van der Waals surface area contributed by atoms with Crippen molar-refractivity contribution in [2.24, 2.45) is 5.92 Å². The number of aryl methyl sites for hydroxylation is 1. The van der Waals surface area contributed by atoms with Gasteiger partial charge in [0.2, 0.25) is 11.8 Å². The van der Waals surface area contributed by atoms with E-state index in [0.717, 1.165) is 11.3 Å². The molecule has 0 saturated carbocycles. The summed E-state index contributed by atoms with van der Waals surface area (Å²) in [4.78, 5) is 32.0. The Balaban J connectivity index is 1.29. The average Bonchev–Trinajstić information content (AvgIpc) is 3.30. The quantitative estimate of drug-likeness (QED) is 0.682. The van der Waals surface area contributed by atoms with Crippen molar-refractivity contribution < 1.29 is 14.3 Å². The molecular formula is C23H29N5O3. The highest BCUT2D eigenvalue weighted by Crippen LogP contribution is 2.28. The zero-order valence-corrected chi connectivity index (χ0v) is 17.9. The van der Waals surface area contributed by atoms with E-state index in [1.807, 2.05) is 48.2 Å². The van der Waals surface area contributed by atoms with Gasteiger partial charge in [0, 0.05) is 25.2 Å². The van der Waals surface area contributed by atoms with Crippen molar-refractivity contribution in [2.45, 2.75) is 38.3 Å². The van der Waals surface area contributed by atoms with Crippen LogP contribution in [0.15, 0.2) is 42.6 Å². The van der Waals surface area contributed by atoms with Gasteiger partial charge in [0.1, 0.15) is 11.8 Å². The molecular weight excluding hydrogens is 394 g/mol. The number of aromatic nitrogens is 1. The number of ether oxygens (including phenoxy) is 1. The van der Waals surface area contributed by atoms with Gasteiger partial charge in [-0.1, -0.05) is 12.1 Å². The number of nitrogens with one attached hydrogen (secondary N) is 3. The molecule has 0 aliphatic carbocycles. The third kappa shape index (κ3) is 4.86. The van der Waals surface area contributed by atoms with Crippen molar-refractivity contribution in [3.8, 4) is 5.75 Å². The number of likely N-dealkylation sites (tertiary alicyclic amines) is 1. The first-order valence-electron chi connectivity index (χ1n) is 10.7. The summed E-state index contributed by atoms with van der Waals surface area (Å²) in [6.45, 7) is 3.13. The second-order valence-electron chi connectivity index (χ2n) is 8.18. The van der Waals surface area contributed by atoms with Gasteiger partial charge in [0.15, 0.2) is 0 Å². The fourth-order valence-corrected chi connectivity index (χ4v) is 4.23. The van der Waals surface area contributed by atoms with E-state index in [1.165, 1.54) is 0 Å². The molecule has 2 atom stereocenters. The summed E-state index contributed by atoms with van der Waals surface area (Å²) in [5, 5.41) is 3.00. The molecule has 3 heterocycles. The topological polar surface area (TPSA) is 95.6 Å². The van der Waals surface area contributed by atoms with E-state index in [0.29, 0.717) is 43.8 Å². The first-order valence-corrected chi connectivity index (χ1v) is 10.7. The first-order chi connectivity index (χ1) is 15.0. The standard InChI is InChI=1S/C23H29N5O3/c1-15-6-7-21(31-2)19(13-15)25-22(29)16-8-11-28(12-9-16)23(30)20-14-18(26-27-20)17-5-3-4-10-24-17/h3-7,10,13,16,18,20,26-27H,8-9,11-12,14H2,1-2H3,(H,25,29). The van der Waals surface area contributed by atoms with Gasteiger partial charge >= 0.3 is 0 Å². The number of piperidine rings is 1. The monoisotopic (exact) mass is 423 g/mol. The number of pyridine rings is 1. The van der Waals surface area contributed by atoms with E-state index in [9.17, 15) is 9.59 Å². The van der Waals surface area contributed by atoms with Gasteiger partial charge in [0.05, 0.1) is 24.5 Å². The van der Waals surface area contributed by atoms with E-state index >= 15 is 0 Å². The summed E-state index contributed by atoms with van der Waals surface area (Å²) in [5.41, 5.74) is 8.95. The number of nitrogens with zero attached hydrogens (tertiary/aromatic N) is 2. The molecule has 0 bridgehead atoms. The Morgan fingerprint density at radius 3 is 2.68 bits per heavy atom. The van der Waals surface area contributed by atoms with Crippen LogP contribution in [0.5, 0.6) is 5.75 Å². The normalized spacial score (nSPS) is 21.7. The summed E-state index contributed by atoms with van der Waals surface area (Å²) < 4.78 is 5.35. The zero-order valence-electron chi connectivity index (χ0n) is 17.9. The second kappa shape index (κ2) is 9.45. The minimum Gasteiger partial charge on any atom is -0.495 e. The van der Waals surface area contributed by atoms with E-state index < -0.39 is 0 Å². The maximum atomic E-state index is 13.0. The number of anilines is 1. The average molecular weight is 424 g/mol. The molecule has 2 aliphatic rings. The Hall–Kier alpha value is -2.97. The number of amides is 2. The molecule has 2 aromatic rings. The molecule has 4 rings (SSSR count). The molecule has 0 spiro atoms. The highest BCUT2D eigenvalue weighted by molar-refractivity contribution is 5.94. The largest absolute Gasteiger partial charge is 0.495 e. The number of rotatable bonds is 5. The smallest absolute Gasteiger partial charge is 0.241 e. The predicted molar refractivity (Wildman–Crippen MR) is 117 cm³/mol. The summed E-state index contributed by atoms with van der Waals surface area (Å²) >= 11 is 0. The summed E-state index contributed by atoms with van der Waals surface area (Å²) in [5.74, 6) is 0.580. The Kier molecular flexibility index (Phi) is 6.48. The van der Waals surface area contributed by atoms with Crippen molar-refractivity contribution in [1.29, 1.82) is 0 Å². The van der Waals surface area contributed by atoms with Crippen molar-refractivity contribution in [3.63, 3.8) is 0 Å². The third-order valence-electron chi connectivity index (χ3n) is 6.04. The molecule has 1 aromatic heterocycles. The fraction of sp³-hybridized carbons (Fsp3) is 0.435. The highest BCUT2D eigenvalue weighted by Gasteiger charge is 2.35. The molecule has 8 nitrogen and oxygen atoms in total. The minimum absolute atomic E-state index is 0.0165. The summed E-state index contributed by atoms with van der Waals surface area (Å²) in [7, 11) is 1.59. The van der Waals surface area contributed by atoms with E-state index in [1.54, 1.807) is 13.3 Å². The van der Waals surface area contributed by atoms with Gasteiger partial charge in [-0.05, 0) is 56.0 Å². The van der Waals surface area contributed by atoms with Crippen LogP contribution in [0.3, 0.4) is 0 Å². The van der Waals surface area contributed by atoms with Crippen LogP contribution < -0.4 is 20.9 Å². The van der Waals surface area contributed by atoms with Gasteiger partial charge in [-0.3, -0.25) is 14.6 Å². The van der Waals surface area contributed by atoms with Crippen LogP contribution in [0.1, 0.15) is 36.6 Å². The molecule has 2 fully saturated rings. The third-order valence-corrected chi connectivity index (χ3v) is 6.04. The Labute approximate surface area is 182 Å². The van der Waals surface area contributed by atoms with Crippen molar-refractivity contribution in [3.05, 3.63) is 53.9 Å². The molecule has 31 heavy (non-hydrogen) atoms. The van der Waals surface area contributed by atoms with Crippen molar-refractivity contribution >= 4 is 17.5 Å². The fourth-order valence-electron chi connectivity index (χ4n) is 4.23. The minimum atomic E-state index is -0.283. The van der Waals surface area contributed by atoms with Gasteiger partial charge in [-0.15, -0.1) is 0 Å². The zero-order chi connectivity index (χ0) is 21.8. The lowest BCUT2D eigenvalue weighted by Gasteiger charge is -2.33. The van der Waals surface area contributed by atoms with Crippen LogP contribution in [0.4, 0.5) is 5.69 Å². The van der Waals surface area contributed by atoms with Gasteiger partial charge in [-0.25, -0.2) is 10.9 Å². The maximum absolute atomic E-state index is 13.0. The van der Waals surface area contributed by atoms with Crippen LogP contribution in [-0.4, -0.2) is 47.9 Å². The SMILES string of the molecule is COc1ccc(C)cc1NC(=O)C1CCN(C(=O)C2CC(c3ccccn3)NN2)CC1. The second-order valence-corrected chi connectivity index (χ2v) is 8.18. The molecule has 2 saturated heterocycles. The summed E-state index contributed by atoms with van der Waals surface area (Å²) in [6, 6.07) is 11.2. The number of hydrogen-bond donors (Lipinski definition) is 3. The number of hydrogen-bond acceptors (Lipinski definition) is 6. The number of carbonyl (C=O) groups excluding carboxylic acids is 2. The number of hydrazine groups is 1. The Morgan fingerprint density at radius 1 is 1.16 bits per heavy atom. The molecule has 0 radical (unpaired) electrons. The van der Waals surface area contributed by atoms with Crippen LogP contribution >= 0.6 is 0 Å². The molecule has 1 aromatic carbocycles. The van der Waals surface area contributed by atoms with Crippen LogP contribution in [0.25, 0.3) is 0 Å². The summed E-state index contributed by atoms with van der Waals surface area (Å²) in [6.07, 6.45) is 3.71. The number of methoxy groups -OCH3 is 1. The lowest BCUT2D eigenvalue weighted by atomic mass is 9.95. The molecule has 3 N–H and O–H groups in total. The number of carbonyl (C=O) groups is 2. The predicted octanol–water partition coefficient (Wildman–Crippen LogP) is 2.18. The van der Waals surface area contributed by atoms with E-state index in [4.69, 9.17) is 4.74 Å². The number of benzene rings is 1. The maximum Gasteiger partial charge on any atom is 0.241 e. The van der Waals surface area contributed by atoms with Crippen molar-refractivity contribution in [2.75, 3.05) is 25.5 Å². The highest BCUT2D eigenvalue weighted by atomic mass is 16.5. The van der Waals surface area contributed by atoms with Crippen molar-refractivity contribution in [1.82, 2.24) is 20.7 Å². The molecule has 2 aliphatic heterocycles. The Bertz CT molecular complexity index is 928. The lowest BCUT2D eigenvalue weighted by Crippen LogP contribution is -2.49. The van der Waals surface area contributed by atoms with Crippen LogP contribution in [0, 0.1) is 12.8 Å². The van der Waals surface area contributed by atoms with Gasteiger partial charge in [0.25, 0.3) is 0 Å². The lowest BCUT2D eigenvalue weighted by molar-refractivity contribution is -0.136. The molecule has 2 unspecified atom stereocenters. The Morgan fingerprint density at radius 2 is 1.97 bits per heavy atom. The molecule has 164 valence electrons. The van der Waals surface area contributed by atoms with E-state index in [2.05, 4.69) is 21.2 Å².